The van der Waals surface area contributed by atoms with Gasteiger partial charge in [-0.05, 0) is 43.8 Å². The number of rotatable bonds is 4. The minimum Gasteiger partial charge on any atom is -0.353 e. The van der Waals surface area contributed by atoms with Crippen molar-refractivity contribution >= 4 is 23.1 Å². The Bertz CT molecular complexity index is 844. The highest BCUT2D eigenvalue weighted by molar-refractivity contribution is 7.80. The molecule has 2 aromatic heterocycles. The molecule has 2 N–H and O–H groups in total. The number of nitrogens with zero attached hydrogens (tertiary/aromatic N) is 3. The highest BCUT2D eigenvalue weighted by atomic mass is 32.1. The largest absolute Gasteiger partial charge is 0.353 e. The molecule has 3 aromatic rings. The van der Waals surface area contributed by atoms with Crippen molar-refractivity contribution in [3.05, 3.63) is 59.6 Å². The van der Waals surface area contributed by atoms with Crippen molar-refractivity contribution in [2.75, 3.05) is 5.32 Å². The van der Waals surface area contributed by atoms with Crippen LogP contribution in [0.1, 0.15) is 17.0 Å². The fraction of sp³-hybridized carbons (Fsp3) is 0.176. The van der Waals surface area contributed by atoms with Crippen LogP contribution in [0.15, 0.2) is 47.1 Å². The zero-order valence-corrected chi connectivity index (χ0v) is 14.2. The Morgan fingerprint density at radius 3 is 2.67 bits per heavy atom. The lowest BCUT2D eigenvalue weighted by atomic mass is 10.1. The van der Waals surface area contributed by atoms with Gasteiger partial charge in [-0.25, -0.2) is 4.98 Å². The lowest BCUT2D eigenvalue weighted by Crippen LogP contribution is -2.28. The van der Waals surface area contributed by atoms with E-state index in [0.717, 1.165) is 11.1 Å². The first-order valence-electron chi connectivity index (χ1n) is 7.47. The molecule has 7 heteroatoms. The van der Waals surface area contributed by atoms with Crippen LogP contribution in [0.4, 0.5) is 5.82 Å². The number of anilines is 1. The van der Waals surface area contributed by atoms with E-state index in [9.17, 15) is 0 Å². The van der Waals surface area contributed by atoms with Crippen LogP contribution < -0.4 is 10.6 Å². The Labute approximate surface area is 145 Å². The predicted octanol–water partition coefficient (Wildman–Crippen LogP) is 3.24. The Morgan fingerprint density at radius 2 is 1.92 bits per heavy atom. The van der Waals surface area contributed by atoms with Crippen molar-refractivity contribution in [2.24, 2.45) is 0 Å². The summed E-state index contributed by atoms with van der Waals surface area (Å²) in [5.41, 5.74) is 3.21. The van der Waals surface area contributed by atoms with E-state index in [1.54, 1.807) is 6.20 Å². The molecule has 0 radical (unpaired) electrons. The number of thiocarbonyl (C=S) groups is 1. The Kier molecular flexibility index (Phi) is 4.81. The molecule has 3 rings (SSSR count). The summed E-state index contributed by atoms with van der Waals surface area (Å²) in [6.45, 7) is 4.37. The van der Waals surface area contributed by atoms with Gasteiger partial charge < -0.3 is 15.2 Å². The first-order chi connectivity index (χ1) is 11.6. The maximum atomic E-state index is 5.24. The summed E-state index contributed by atoms with van der Waals surface area (Å²) < 4.78 is 5.24. The van der Waals surface area contributed by atoms with Crippen LogP contribution in [0.25, 0.3) is 11.4 Å². The fourth-order valence-electron chi connectivity index (χ4n) is 2.07. The third kappa shape index (κ3) is 4.14. The summed E-state index contributed by atoms with van der Waals surface area (Å²) >= 11 is 5.24. The Balaban J connectivity index is 1.57. The van der Waals surface area contributed by atoms with Crippen LogP contribution in [0.2, 0.25) is 0 Å². The predicted molar refractivity (Wildman–Crippen MR) is 96.5 cm³/mol. The molecule has 1 aromatic carbocycles. The van der Waals surface area contributed by atoms with E-state index in [1.165, 1.54) is 5.56 Å². The number of pyridine rings is 1. The maximum Gasteiger partial charge on any atom is 0.246 e. The third-order valence-corrected chi connectivity index (χ3v) is 3.58. The van der Waals surface area contributed by atoms with Crippen molar-refractivity contribution in [3.8, 4) is 11.4 Å². The normalized spacial score (nSPS) is 10.4. The van der Waals surface area contributed by atoms with Crippen LogP contribution in [-0.4, -0.2) is 20.2 Å². The van der Waals surface area contributed by atoms with Gasteiger partial charge in [0.2, 0.25) is 11.7 Å². The van der Waals surface area contributed by atoms with Gasteiger partial charge in [0.15, 0.2) is 5.11 Å². The summed E-state index contributed by atoms with van der Waals surface area (Å²) in [6, 6.07) is 11.8. The first kappa shape index (κ1) is 16.1. The van der Waals surface area contributed by atoms with Gasteiger partial charge in [0.25, 0.3) is 0 Å². The molecule has 0 saturated heterocycles. The number of benzene rings is 1. The van der Waals surface area contributed by atoms with Crippen molar-refractivity contribution in [2.45, 2.75) is 20.4 Å². The molecule has 0 spiro atoms. The molecule has 6 nitrogen and oxygen atoms in total. The average molecular weight is 339 g/mol. The summed E-state index contributed by atoms with van der Waals surface area (Å²) in [5, 5.41) is 10.5. The van der Waals surface area contributed by atoms with E-state index >= 15 is 0 Å². The molecule has 0 atom stereocenters. The summed E-state index contributed by atoms with van der Waals surface area (Å²) in [4.78, 5) is 8.56. The number of nitrogens with one attached hydrogen (secondary N) is 2. The van der Waals surface area contributed by atoms with Crippen molar-refractivity contribution in [3.63, 3.8) is 0 Å². The summed E-state index contributed by atoms with van der Waals surface area (Å²) in [6.07, 6.45) is 1.73. The van der Waals surface area contributed by atoms with Gasteiger partial charge in [0.05, 0.1) is 6.54 Å². The van der Waals surface area contributed by atoms with Crippen molar-refractivity contribution in [1.82, 2.24) is 20.4 Å². The van der Waals surface area contributed by atoms with Gasteiger partial charge in [0.1, 0.15) is 5.82 Å². The van der Waals surface area contributed by atoms with Crippen LogP contribution in [-0.2, 0) is 6.54 Å². The average Bonchev–Trinajstić information content (AvgIpc) is 3.03. The van der Waals surface area contributed by atoms with Crippen LogP contribution >= 0.6 is 12.2 Å². The molecule has 0 saturated carbocycles. The van der Waals surface area contributed by atoms with E-state index < -0.39 is 0 Å². The van der Waals surface area contributed by atoms with Gasteiger partial charge in [0, 0.05) is 11.8 Å². The second-order valence-corrected chi connectivity index (χ2v) is 5.81. The quantitative estimate of drug-likeness (QED) is 0.707. The molecule has 0 aliphatic rings. The summed E-state index contributed by atoms with van der Waals surface area (Å²) in [7, 11) is 0. The molecule has 0 bridgehead atoms. The first-order valence-corrected chi connectivity index (χ1v) is 7.88. The van der Waals surface area contributed by atoms with Gasteiger partial charge in [-0.15, -0.1) is 0 Å². The zero-order valence-electron chi connectivity index (χ0n) is 13.4. The lowest BCUT2D eigenvalue weighted by Gasteiger charge is -2.08. The third-order valence-electron chi connectivity index (χ3n) is 3.34. The molecule has 0 aliphatic carbocycles. The number of aromatic nitrogens is 3. The van der Waals surface area contributed by atoms with E-state index in [0.29, 0.717) is 29.2 Å². The van der Waals surface area contributed by atoms with Crippen LogP contribution in [0, 0.1) is 13.8 Å². The van der Waals surface area contributed by atoms with Gasteiger partial charge in [-0.1, -0.05) is 35.0 Å². The number of hydrogen-bond acceptors (Lipinski definition) is 5. The minimum atomic E-state index is 0.344. The highest BCUT2D eigenvalue weighted by Crippen LogP contribution is 2.16. The van der Waals surface area contributed by atoms with Crippen molar-refractivity contribution in [1.29, 1.82) is 0 Å². The van der Waals surface area contributed by atoms with E-state index in [2.05, 4.69) is 25.8 Å². The van der Waals surface area contributed by atoms with Gasteiger partial charge >= 0.3 is 0 Å². The Hall–Kier alpha value is -2.80. The maximum absolute atomic E-state index is 5.24. The molecular formula is C17H17N5OS. The van der Waals surface area contributed by atoms with E-state index in [-0.39, 0.29) is 0 Å². The molecule has 0 amide bonds. The molecule has 24 heavy (non-hydrogen) atoms. The summed E-state index contributed by atoms with van der Waals surface area (Å²) in [5.74, 6) is 1.72. The van der Waals surface area contributed by atoms with E-state index in [1.807, 2.05) is 50.2 Å². The second kappa shape index (κ2) is 7.18. The standard InChI is InChI=1S/C17H17N5OS/c1-11-3-5-13(6-4-11)16-21-15(23-22-16)10-19-17(24)20-14-9-12(2)7-8-18-14/h3-9H,10H2,1-2H3,(H2,18,19,20,24). The Morgan fingerprint density at radius 1 is 1.12 bits per heavy atom. The zero-order chi connectivity index (χ0) is 16.9. The van der Waals surface area contributed by atoms with Gasteiger partial charge in [-0.2, -0.15) is 4.98 Å². The molecule has 0 aliphatic heterocycles. The molecule has 122 valence electrons. The smallest absolute Gasteiger partial charge is 0.246 e. The van der Waals surface area contributed by atoms with Crippen LogP contribution in [0.3, 0.4) is 0 Å². The minimum absolute atomic E-state index is 0.344. The fourth-order valence-corrected chi connectivity index (χ4v) is 2.24. The van der Waals surface area contributed by atoms with Gasteiger partial charge in [-0.3, -0.25) is 0 Å². The number of aryl methyl sites for hydroxylation is 2. The monoisotopic (exact) mass is 339 g/mol. The molecule has 2 heterocycles. The molecule has 0 fully saturated rings. The van der Waals surface area contributed by atoms with Crippen molar-refractivity contribution < 1.29 is 4.52 Å². The SMILES string of the molecule is Cc1ccc(-c2noc(CNC(=S)Nc3cc(C)ccn3)n2)cc1. The topological polar surface area (TPSA) is 75.9 Å². The van der Waals surface area contributed by atoms with Crippen LogP contribution in [0.5, 0.6) is 0 Å². The van der Waals surface area contributed by atoms with E-state index in [4.69, 9.17) is 16.7 Å². The molecule has 0 unspecified atom stereocenters. The number of hydrogen-bond donors (Lipinski definition) is 2. The molecular weight excluding hydrogens is 322 g/mol. The highest BCUT2D eigenvalue weighted by Gasteiger charge is 2.09. The second-order valence-electron chi connectivity index (χ2n) is 5.40. The lowest BCUT2D eigenvalue weighted by molar-refractivity contribution is 0.376.